The quantitative estimate of drug-likeness (QED) is 0.725. The van der Waals surface area contributed by atoms with Crippen LogP contribution in [0.15, 0.2) is 78.9 Å². The van der Waals surface area contributed by atoms with Gasteiger partial charge in [-0.15, -0.1) is 0 Å². The lowest BCUT2D eigenvalue weighted by atomic mass is 10.1. The maximum atomic E-state index is 9.26. The smallest absolute Gasteiger partial charge is 0.115 e. The second-order valence-corrected chi connectivity index (χ2v) is 4.96. The molecule has 2 nitrogen and oxygen atoms in total. The Morgan fingerprint density at radius 3 is 1.95 bits per heavy atom. The van der Waals surface area contributed by atoms with Crippen LogP contribution in [0.1, 0.15) is 5.56 Å². The summed E-state index contributed by atoms with van der Waals surface area (Å²) in [5.41, 5.74) is 4.66. The van der Waals surface area contributed by atoms with E-state index in [1.54, 1.807) is 12.1 Å². The van der Waals surface area contributed by atoms with Gasteiger partial charge >= 0.3 is 0 Å². The Hall–Kier alpha value is -2.74. The van der Waals surface area contributed by atoms with Crippen molar-refractivity contribution in [3.63, 3.8) is 0 Å². The predicted molar refractivity (Wildman–Crippen MR) is 87.3 cm³/mol. The highest BCUT2D eigenvalue weighted by atomic mass is 16.3. The second-order valence-electron chi connectivity index (χ2n) is 4.96. The summed E-state index contributed by atoms with van der Waals surface area (Å²) in [6.45, 7) is 0.741. The number of phenolic OH excluding ortho intramolecular Hbond substituents is 1. The van der Waals surface area contributed by atoms with Gasteiger partial charge in [-0.2, -0.15) is 0 Å². The Bertz CT molecular complexity index is 688. The maximum Gasteiger partial charge on any atom is 0.115 e. The fourth-order valence-electron chi connectivity index (χ4n) is 2.23. The minimum Gasteiger partial charge on any atom is -0.508 e. The Kier molecular flexibility index (Phi) is 3.88. The van der Waals surface area contributed by atoms with E-state index in [0.717, 1.165) is 17.8 Å². The minimum atomic E-state index is 0.297. The van der Waals surface area contributed by atoms with Gasteiger partial charge in [0.05, 0.1) is 0 Å². The molecule has 0 radical (unpaired) electrons. The molecule has 21 heavy (non-hydrogen) atoms. The minimum absolute atomic E-state index is 0.297. The number of hydrogen-bond acceptors (Lipinski definition) is 2. The van der Waals surface area contributed by atoms with Gasteiger partial charge in [-0.1, -0.05) is 54.6 Å². The van der Waals surface area contributed by atoms with Crippen LogP contribution in [-0.4, -0.2) is 5.11 Å². The standard InChI is InChI=1S/C19H17NO/c21-19-12-6-15(7-13-19)14-20-18-10-8-17(9-11-18)16-4-2-1-3-5-16/h1-13,20-21H,14H2. The fraction of sp³-hybridized carbons (Fsp3) is 0.0526. The SMILES string of the molecule is Oc1ccc(CNc2ccc(-c3ccccc3)cc2)cc1. The van der Waals surface area contributed by atoms with E-state index in [4.69, 9.17) is 0 Å². The van der Waals surface area contributed by atoms with Crippen LogP contribution in [0, 0.1) is 0 Å². The number of anilines is 1. The molecule has 0 spiro atoms. The monoisotopic (exact) mass is 275 g/mol. The van der Waals surface area contributed by atoms with Gasteiger partial charge in [0.1, 0.15) is 5.75 Å². The topological polar surface area (TPSA) is 32.3 Å². The highest BCUT2D eigenvalue weighted by molar-refractivity contribution is 5.65. The number of nitrogens with one attached hydrogen (secondary N) is 1. The van der Waals surface area contributed by atoms with Crippen LogP contribution in [0.4, 0.5) is 5.69 Å². The molecule has 3 aromatic rings. The Balaban J connectivity index is 1.66. The van der Waals surface area contributed by atoms with Gasteiger partial charge in [0.15, 0.2) is 0 Å². The molecule has 0 heterocycles. The zero-order valence-corrected chi connectivity index (χ0v) is 11.7. The normalized spacial score (nSPS) is 10.3. The molecule has 3 rings (SSSR count). The molecule has 104 valence electrons. The Morgan fingerprint density at radius 1 is 0.667 bits per heavy atom. The summed E-state index contributed by atoms with van der Waals surface area (Å²) < 4.78 is 0. The van der Waals surface area contributed by atoms with Crippen LogP contribution in [0.3, 0.4) is 0 Å². The molecule has 0 aliphatic rings. The van der Waals surface area contributed by atoms with Crippen LogP contribution in [-0.2, 0) is 6.54 Å². The van der Waals surface area contributed by atoms with Crippen molar-refractivity contribution < 1.29 is 5.11 Å². The summed E-state index contributed by atoms with van der Waals surface area (Å²) in [5, 5.41) is 12.6. The van der Waals surface area contributed by atoms with E-state index >= 15 is 0 Å². The van der Waals surface area contributed by atoms with Crippen LogP contribution in [0.2, 0.25) is 0 Å². The third-order valence-corrected chi connectivity index (χ3v) is 3.42. The van der Waals surface area contributed by atoms with Gasteiger partial charge < -0.3 is 10.4 Å². The largest absolute Gasteiger partial charge is 0.508 e. The number of rotatable bonds is 4. The molecule has 2 heteroatoms. The first-order valence-corrected chi connectivity index (χ1v) is 6.98. The summed E-state index contributed by atoms with van der Waals surface area (Å²) in [4.78, 5) is 0. The molecular formula is C19H17NO. The van der Waals surface area contributed by atoms with Crippen LogP contribution in [0.5, 0.6) is 5.75 Å². The lowest BCUT2D eigenvalue weighted by molar-refractivity contribution is 0.475. The van der Waals surface area contributed by atoms with Crippen LogP contribution < -0.4 is 5.32 Å². The summed E-state index contributed by atoms with van der Waals surface area (Å²) in [7, 11) is 0. The van der Waals surface area contributed by atoms with Crippen molar-refractivity contribution >= 4 is 5.69 Å². The molecule has 0 fully saturated rings. The van der Waals surface area contributed by atoms with E-state index in [9.17, 15) is 5.11 Å². The first-order chi connectivity index (χ1) is 10.3. The summed E-state index contributed by atoms with van der Waals surface area (Å²) >= 11 is 0. The molecule has 3 aromatic carbocycles. The third-order valence-electron chi connectivity index (χ3n) is 3.42. The lowest BCUT2D eigenvalue weighted by Gasteiger charge is -2.08. The average molecular weight is 275 g/mol. The molecule has 0 aliphatic heterocycles. The van der Waals surface area contributed by atoms with E-state index in [0.29, 0.717) is 5.75 Å². The van der Waals surface area contributed by atoms with Crippen molar-refractivity contribution in [3.8, 4) is 16.9 Å². The molecule has 0 unspecified atom stereocenters. The number of aromatic hydroxyl groups is 1. The first-order valence-electron chi connectivity index (χ1n) is 6.98. The zero-order valence-electron chi connectivity index (χ0n) is 11.7. The molecule has 2 N–H and O–H groups in total. The van der Waals surface area contributed by atoms with E-state index in [2.05, 4.69) is 41.7 Å². The van der Waals surface area contributed by atoms with Crippen molar-refractivity contribution in [3.05, 3.63) is 84.4 Å². The van der Waals surface area contributed by atoms with E-state index in [1.165, 1.54) is 11.1 Å². The molecule has 0 atom stereocenters. The highest BCUT2D eigenvalue weighted by Gasteiger charge is 1.98. The lowest BCUT2D eigenvalue weighted by Crippen LogP contribution is -1.98. The molecule has 0 saturated heterocycles. The zero-order chi connectivity index (χ0) is 14.5. The maximum absolute atomic E-state index is 9.26. The Morgan fingerprint density at radius 2 is 1.29 bits per heavy atom. The summed E-state index contributed by atoms with van der Waals surface area (Å²) in [5.74, 6) is 0.297. The van der Waals surface area contributed by atoms with Crippen LogP contribution >= 0.6 is 0 Å². The molecule has 0 saturated carbocycles. The molecular weight excluding hydrogens is 258 g/mol. The van der Waals surface area contributed by atoms with Crippen LogP contribution in [0.25, 0.3) is 11.1 Å². The van der Waals surface area contributed by atoms with E-state index in [1.807, 2.05) is 30.3 Å². The van der Waals surface area contributed by atoms with Crippen molar-refractivity contribution in [2.75, 3.05) is 5.32 Å². The first kappa shape index (κ1) is 13.3. The van der Waals surface area contributed by atoms with Crippen molar-refractivity contribution in [1.29, 1.82) is 0 Å². The molecule has 0 aromatic heterocycles. The summed E-state index contributed by atoms with van der Waals surface area (Å²) in [6.07, 6.45) is 0. The van der Waals surface area contributed by atoms with Crippen molar-refractivity contribution in [2.45, 2.75) is 6.54 Å². The number of phenols is 1. The van der Waals surface area contributed by atoms with E-state index < -0.39 is 0 Å². The molecule has 0 aliphatic carbocycles. The average Bonchev–Trinajstić information content (AvgIpc) is 2.56. The van der Waals surface area contributed by atoms with Crippen molar-refractivity contribution in [2.24, 2.45) is 0 Å². The second kappa shape index (κ2) is 6.14. The van der Waals surface area contributed by atoms with E-state index in [-0.39, 0.29) is 0 Å². The van der Waals surface area contributed by atoms with Gasteiger partial charge in [-0.05, 0) is 41.0 Å². The fourth-order valence-corrected chi connectivity index (χ4v) is 2.23. The Labute approximate surface area is 124 Å². The van der Waals surface area contributed by atoms with Gasteiger partial charge in [0.2, 0.25) is 0 Å². The van der Waals surface area contributed by atoms with Gasteiger partial charge in [0.25, 0.3) is 0 Å². The molecule has 0 bridgehead atoms. The van der Waals surface area contributed by atoms with Crippen molar-refractivity contribution in [1.82, 2.24) is 0 Å². The van der Waals surface area contributed by atoms with Gasteiger partial charge in [-0.3, -0.25) is 0 Å². The molecule has 0 amide bonds. The number of benzene rings is 3. The predicted octanol–water partition coefficient (Wildman–Crippen LogP) is 4.67. The third kappa shape index (κ3) is 3.42. The summed E-state index contributed by atoms with van der Waals surface area (Å²) in [6, 6.07) is 26.0. The number of hydrogen-bond donors (Lipinski definition) is 2. The van der Waals surface area contributed by atoms with Gasteiger partial charge in [0, 0.05) is 12.2 Å². The highest BCUT2D eigenvalue weighted by Crippen LogP contribution is 2.21. The van der Waals surface area contributed by atoms with Gasteiger partial charge in [-0.25, -0.2) is 0 Å².